The zero-order chi connectivity index (χ0) is 14.9. The summed E-state index contributed by atoms with van der Waals surface area (Å²) in [6.45, 7) is 3.65. The lowest BCUT2D eigenvalue weighted by Gasteiger charge is -2.36. The van der Waals surface area contributed by atoms with E-state index in [0.29, 0.717) is 12.5 Å². The Morgan fingerprint density at radius 1 is 1.33 bits per heavy atom. The van der Waals surface area contributed by atoms with Crippen LogP contribution in [-0.2, 0) is 12.1 Å². The van der Waals surface area contributed by atoms with Gasteiger partial charge in [0.2, 0.25) is 0 Å². The fourth-order valence-corrected chi connectivity index (χ4v) is 3.36. The fourth-order valence-electron chi connectivity index (χ4n) is 2.67. The number of aliphatic imine (C=N–C) groups is 1. The van der Waals surface area contributed by atoms with Gasteiger partial charge in [-0.1, -0.05) is 18.2 Å². The molecule has 2 N–H and O–H groups in total. The minimum Gasteiger partial charge on any atom is -0.497 e. The largest absolute Gasteiger partial charge is 0.497 e. The summed E-state index contributed by atoms with van der Waals surface area (Å²) in [6, 6.07) is 12.3. The van der Waals surface area contributed by atoms with Crippen LogP contribution >= 0.6 is 11.3 Å². The van der Waals surface area contributed by atoms with Crippen molar-refractivity contribution in [2.24, 2.45) is 10.7 Å². The highest BCUT2D eigenvalue weighted by atomic mass is 32.1. The first-order valence-corrected chi connectivity index (χ1v) is 7.76. The van der Waals surface area contributed by atoms with Crippen molar-refractivity contribution in [3.63, 3.8) is 0 Å². The quantitative estimate of drug-likeness (QED) is 0.944. The summed E-state index contributed by atoms with van der Waals surface area (Å²) in [5, 5.41) is 2.09. The molecule has 1 aliphatic rings. The van der Waals surface area contributed by atoms with Gasteiger partial charge in [-0.3, -0.25) is 4.99 Å². The summed E-state index contributed by atoms with van der Waals surface area (Å²) in [5.74, 6) is 1.47. The number of nitrogens with two attached hydrogens (primary N) is 1. The van der Waals surface area contributed by atoms with E-state index in [1.807, 2.05) is 12.1 Å². The molecule has 3 rings (SSSR count). The van der Waals surface area contributed by atoms with Gasteiger partial charge < -0.3 is 15.4 Å². The fraction of sp³-hybridized carbons (Fsp3) is 0.312. The van der Waals surface area contributed by atoms with Gasteiger partial charge in [-0.15, -0.1) is 11.3 Å². The number of hydrogen-bond acceptors (Lipinski definition) is 5. The van der Waals surface area contributed by atoms with Gasteiger partial charge in [0, 0.05) is 4.88 Å². The van der Waals surface area contributed by atoms with E-state index in [1.165, 1.54) is 10.4 Å². The number of ether oxygens (including phenoxy) is 1. The first-order valence-electron chi connectivity index (χ1n) is 6.88. The number of guanidine groups is 1. The third kappa shape index (κ3) is 2.49. The Balaban J connectivity index is 1.90. The SMILES string of the molecule is COc1ccc(C2(C)CN=C(N)N2Cc2cccs2)cc1. The standard InChI is InChI=1S/C16H19N3OS/c1-16(12-5-7-13(20-2)8-6-12)11-18-15(17)19(16)10-14-4-3-9-21-14/h3-9H,10-11H2,1-2H3,(H2,17,18). The highest BCUT2D eigenvalue weighted by molar-refractivity contribution is 7.09. The molecule has 1 atom stereocenters. The molecule has 110 valence electrons. The highest BCUT2D eigenvalue weighted by Crippen LogP contribution is 2.35. The Morgan fingerprint density at radius 2 is 2.10 bits per heavy atom. The van der Waals surface area contributed by atoms with Gasteiger partial charge in [0.1, 0.15) is 5.75 Å². The van der Waals surface area contributed by atoms with Crippen molar-refractivity contribution < 1.29 is 4.74 Å². The average molecular weight is 301 g/mol. The van der Waals surface area contributed by atoms with Gasteiger partial charge in [-0.05, 0) is 36.1 Å². The summed E-state index contributed by atoms with van der Waals surface area (Å²) >= 11 is 1.74. The van der Waals surface area contributed by atoms with Gasteiger partial charge in [0.25, 0.3) is 0 Å². The Labute approximate surface area is 128 Å². The maximum absolute atomic E-state index is 6.12. The van der Waals surface area contributed by atoms with Crippen molar-refractivity contribution in [3.8, 4) is 5.75 Å². The van der Waals surface area contributed by atoms with Crippen LogP contribution in [0.1, 0.15) is 17.4 Å². The number of methoxy groups -OCH3 is 1. The highest BCUT2D eigenvalue weighted by Gasteiger charge is 2.39. The molecule has 1 aliphatic heterocycles. The van der Waals surface area contributed by atoms with Crippen LogP contribution in [0.2, 0.25) is 0 Å². The Bertz CT molecular complexity index is 636. The Morgan fingerprint density at radius 3 is 2.71 bits per heavy atom. The molecule has 0 radical (unpaired) electrons. The minimum atomic E-state index is -0.208. The maximum Gasteiger partial charge on any atom is 0.192 e. The molecule has 0 saturated heterocycles. The molecular weight excluding hydrogens is 282 g/mol. The van der Waals surface area contributed by atoms with Crippen molar-refractivity contribution in [3.05, 3.63) is 52.2 Å². The molecule has 2 heterocycles. The lowest BCUT2D eigenvalue weighted by Crippen LogP contribution is -2.46. The van der Waals surface area contributed by atoms with Crippen molar-refractivity contribution in [1.29, 1.82) is 0 Å². The summed E-state index contributed by atoms with van der Waals surface area (Å²) in [7, 11) is 1.68. The van der Waals surface area contributed by atoms with Crippen LogP contribution in [0.25, 0.3) is 0 Å². The minimum absolute atomic E-state index is 0.208. The van der Waals surface area contributed by atoms with E-state index in [0.717, 1.165) is 12.3 Å². The monoisotopic (exact) mass is 301 g/mol. The maximum atomic E-state index is 6.12. The second-order valence-corrected chi connectivity index (χ2v) is 6.37. The lowest BCUT2D eigenvalue weighted by molar-refractivity contribution is 0.219. The Hall–Kier alpha value is -2.01. The van der Waals surface area contributed by atoms with Gasteiger partial charge in [0.15, 0.2) is 5.96 Å². The molecule has 21 heavy (non-hydrogen) atoms. The van der Waals surface area contributed by atoms with Crippen molar-refractivity contribution >= 4 is 17.3 Å². The van der Waals surface area contributed by atoms with Gasteiger partial charge in [0.05, 0.1) is 25.7 Å². The van der Waals surface area contributed by atoms with E-state index in [9.17, 15) is 0 Å². The van der Waals surface area contributed by atoms with E-state index in [4.69, 9.17) is 10.5 Å². The van der Waals surface area contributed by atoms with E-state index >= 15 is 0 Å². The number of nitrogens with zero attached hydrogens (tertiary/aromatic N) is 2. The van der Waals surface area contributed by atoms with Crippen LogP contribution in [0.4, 0.5) is 0 Å². The number of thiophene rings is 1. The van der Waals surface area contributed by atoms with Crippen LogP contribution < -0.4 is 10.5 Å². The smallest absolute Gasteiger partial charge is 0.192 e. The average Bonchev–Trinajstić information content (AvgIpc) is 3.12. The summed E-state index contributed by atoms with van der Waals surface area (Å²) in [5.41, 5.74) is 7.11. The molecule has 0 spiro atoms. The van der Waals surface area contributed by atoms with Crippen LogP contribution in [0, 0.1) is 0 Å². The van der Waals surface area contributed by atoms with Gasteiger partial charge in [-0.25, -0.2) is 0 Å². The second kappa shape index (κ2) is 5.41. The molecule has 1 aromatic carbocycles. The van der Waals surface area contributed by atoms with E-state index in [1.54, 1.807) is 18.4 Å². The number of hydrogen-bond donors (Lipinski definition) is 1. The molecule has 0 bridgehead atoms. The lowest BCUT2D eigenvalue weighted by atomic mass is 9.91. The molecular formula is C16H19N3OS. The molecule has 0 saturated carbocycles. The topological polar surface area (TPSA) is 50.9 Å². The van der Waals surface area contributed by atoms with E-state index in [2.05, 4.69) is 46.5 Å². The Kier molecular flexibility index (Phi) is 3.59. The normalized spacial score (nSPS) is 21.4. The van der Waals surface area contributed by atoms with Crippen LogP contribution in [0.3, 0.4) is 0 Å². The first-order chi connectivity index (χ1) is 10.1. The van der Waals surface area contributed by atoms with Crippen molar-refractivity contribution in [1.82, 2.24) is 4.90 Å². The molecule has 2 aromatic rings. The van der Waals surface area contributed by atoms with Crippen LogP contribution in [0.5, 0.6) is 5.75 Å². The predicted molar refractivity (Wildman–Crippen MR) is 86.7 cm³/mol. The third-order valence-electron chi connectivity index (χ3n) is 4.03. The molecule has 5 heteroatoms. The molecule has 1 unspecified atom stereocenters. The van der Waals surface area contributed by atoms with E-state index in [-0.39, 0.29) is 5.54 Å². The zero-order valence-electron chi connectivity index (χ0n) is 12.2. The van der Waals surface area contributed by atoms with E-state index < -0.39 is 0 Å². The summed E-state index contributed by atoms with van der Waals surface area (Å²) in [4.78, 5) is 7.93. The van der Waals surface area contributed by atoms with Crippen molar-refractivity contribution in [2.75, 3.05) is 13.7 Å². The molecule has 4 nitrogen and oxygen atoms in total. The number of rotatable bonds is 4. The molecule has 1 aromatic heterocycles. The first kappa shape index (κ1) is 13.9. The van der Waals surface area contributed by atoms with Crippen LogP contribution in [-0.4, -0.2) is 24.5 Å². The molecule has 0 amide bonds. The molecule has 0 fully saturated rings. The predicted octanol–water partition coefficient (Wildman–Crippen LogP) is 2.80. The van der Waals surface area contributed by atoms with Gasteiger partial charge >= 0.3 is 0 Å². The van der Waals surface area contributed by atoms with Gasteiger partial charge in [-0.2, -0.15) is 0 Å². The summed E-state index contributed by atoms with van der Waals surface area (Å²) < 4.78 is 5.23. The number of benzene rings is 1. The summed E-state index contributed by atoms with van der Waals surface area (Å²) in [6.07, 6.45) is 0. The van der Waals surface area contributed by atoms with Crippen LogP contribution in [0.15, 0.2) is 46.8 Å². The second-order valence-electron chi connectivity index (χ2n) is 5.34. The third-order valence-corrected chi connectivity index (χ3v) is 4.89. The molecule has 0 aliphatic carbocycles. The van der Waals surface area contributed by atoms with Crippen molar-refractivity contribution in [2.45, 2.75) is 19.0 Å². The zero-order valence-corrected chi connectivity index (χ0v) is 13.1.